The first-order chi connectivity index (χ1) is 14.1. The maximum Gasteiger partial charge on any atom is 0.251 e. The van der Waals surface area contributed by atoms with Gasteiger partial charge in [-0.3, -0.25) is 14.4 Å². The molecular weight excluding hydrogens is 366 g/mol. The van der Waals surface area contributed by atoms with Gasteiger partial charge in [-0.2, -0.15) is 0 Å². The van der Waals surface area contributed by atoms with E-state index in [-0.39, 0.29) is 30.7 Å². The van der Waals surface area contributed by atoms with Crippen LogP contribution in [-0.2, 0) is 22.6 Å². The average molecular weight is 389 g/mol. The molecule has 0 unspecified atom stereocenters. The Morgan fingerprint density at radius 1 is 0.793 bits per heavy atom. The van der Waals surface area contributed by atoms with Crippen molar-refractivity contribution in [2.45, 2.75) is 13.0 Å². The molecule has 0 aliphatic rings. The molecule has 0 fully saturated rings. The van der Waals surface area contributed by atoms with Crippen molar-refractivity contribution in [1.82, 2.24) is 16.0 Å². The SMILES string of the molecule is CNC(=O)c1ccc(CNC(=O)CNC(=O)Cc2cccc3ccccc23)cc1. The Bertz CT molecular complexity index is 1020. The number of nitrogens with one attached hydrogen (secondary N) is 3. The van der Waals surface area contributed by atoms with Crippen LogP contribution in [0.5, 0.6) is 0 Å². The number of fused-ring (bicyclic) bond motifs is 1. The summed E-state index contributed by atoms with van der Waals surface area (Å²) in [5.74, 6) is -0.632. The Morgan fingerprint density at radius 2 is 1.52 bits per heavy atom. The highest BCUT2D eigenvalue weighted by Gasteiger charge is 2.09. The van der Waals surface area contributed by atoms with Gasteiger partial charge in [0.25, 0.3) is 5.91 Å². The minimum Gasteiger partial charge on any atom is -0.355 e. The Balaban J connectivity index is 1.46. The first-order valence-electron chi connectivity index (χ1n) is 9.38. The lowest BCUT2D eigenvalue weighted by Crippen LogP contribution is -2.37. The van der Waals surface area contributed by atoms with Crippen LogP contribution in [0.1, 0.15) is 21.5 Å². The van der Waals surface area contributed by atoms with Gasteiger partial charge in [0, 0.05) is 19.2 Å². The van der Waals surface area contributed by atoms with E-state index >= 15 is 0 Å². The molecule has 0 aromatic heterocycles. The molecule has 0 spiro atoms. The van der Waals surface area contributed by atoms with Crippen LogP contribution >= 0.6 is 0 Å². The summed E-state index contributed by atoms with van der Waals surface area (Å²) in [6.45, 7) is 0.242. The molecule has 6 heteroatoms. The van der Waals surface area contributed by atoms with Crippen molar-refractivity contribution >= 4 is 28.5 Å². The quantitative estimate of drug-likeness (QED) is 0.579. The van der Waals surface area contributed by atoms with E-state index < -0.39 is 0 Å². The molecule has 3 rings (SSSR count). The molecule has 0 atom stereocenters. The summed E-state index contributed by atoms with van der Waals surface area (Å²) in [6, 6.07) is 20.7. The number of carbonyl (C=O) groups is 3. The highest BCUT2D eigenvalue weighted by molar-refractivity contribution is 5.94. The molecule has 0 radical (unpaired) electrons. The molecule has 0 bridgehead atoms. The minimum atomic E-state index is -0.272. The van der Waals surface area contributed by atoms with Gasteiger partial charge in [-0.15, -0.1) is 0 Å². The van der Waals surface area contributed by atoms with Crippen molar-refractivity contribution in [3.05, 3.63) is 83.4 Å². The normalized spacial score (nSPS) is 10.4. The third-order valence-corrected chi connectivity index (χ3v) is 4.61. The summed E-state index contributed by atoms with van der Waals surface area (Å²) in [6.07, 6.45) is 0.218. The maximum atomic E-state index is 12.2. The van der Waals surface area contributed by atoms with E-state index in [0.717, 1.165) is 21.9 Å². The largest absolute Gasteiger partial charge is 0.355 e. The Hall–Kier alpha value is -3.67. The number of carbonyl (C=O) groups excluding carboxylic acids is 3. The highest BCUT2D eigenvalue weighted by Crippen LogP contribution is 2.18. The third kappa shape index (κ3) is 5.42. The molecule has 0 saturated heterocycles. The van der Waals surface area contributed by atoms with Crippen molar-refractivity contribution in [2.24, 2.45) is 0 Å². The van der Waals surface area contributed by atoms with E-state index in [1.807, 2.05) is 42.5 Å². The lowest BCUT2D eigenvalue weighted by Gasteiger charge is -2.09. The predicted octanol–water partition coefficient (Wildman–Crippen LogP) is 2.17. The van der Waals surface area contributed by atoms with Gasteiger partial charge in [0.15, 0.2) is 0 Å². The van der Waals surface area contributed by atoms with E-state index in [4.69, 9.17) is 0 Å². The zero-order valence-electron chi connectivity index (χ0n) is 16.2. The summed E-state index contributed by atoms with van der Waals surface area (Å²) < 4.78 is 0. The molecule has 0 saturated carbocycles. The van der Waals surface area contributed by atoms with Gasteiger partial charge in [0.1, 0.15) is 0 Å². The van der Waals surface area contributed by atoms with Crippen molar-refractivity contribution in [1.29, 1.82) is 0 Å². The Kier molecular flexibility index (Phi) is 6.58. The van der Waals surface area contributed by atoms with Gasteiger partial charge in [-0.05, 0) is 34.0 Å². The van der Waals surface area contributed by atoms with Crippen molar-refractivity contribution in [3.63, 3.8) is 0 Å². The maximum absolute atomic E-state index is 12.2. The van der Waals surface area contributed by atoms with Crippen LogP contribution in [0.25, 0.3) is 10.8 Å². The molecule has 0 aliphatic carbocycles. The third-order valence-electron chi connectivity index (χ3n) is 4.61. The fourth-order valence-electron chi connectivity index (χ4n) is 3.04. The van der Waals surface area contributed by atoms with Crippen molar-refractivity contribution in [3.8, 4) is 0 Å². The van der Waals surface area contributed by atoms with Crippen LogP contribution in [0.4, 0.5) is 0 Å². The summed E-state index contributed by atoms with van der Waals surface area (Å²) in [7, 11) is 1.57. The van der Waals surface area contributed by atoms with E-state index in [2.05, 4.69) is 16.0 Å². The smallest absolute Gasteiger partial charge is 0.251 e. The van der Waals surface area contributed by atoms with Gasteiger partial charge >= 0.3 is 0 Å². The molecule has 29 heavy (non-hydrogen) atoms. The fraction of sp³-hybridized carbons (Fsp3) is 0.174. The monoisotopic (exact) mass is 389 g/mol. The standard InChI is InChI=1S/C23H23N3O3/c1-24-23(29)18-11-9-16(10-12-18)14-25-22(28)15-26-21(27)13-19-7-4-6-17-5-2-3-8-20(17)19/h2-12H,13-15H2,1H3,(H,24,29)(H,25,28)(H,26,27). The average Bonchev–Trinajstić information content (AvgIpc) is 2.76. The highest BCUT2D eigenvalue weighted by atomic mass is 16.2. The van der Waals surface area contributed by atoms with Crippen LogP contribution in [0.15, 0.2) is 66.7 Å². The van der Waals surface area contributed by atoms with Gasteiger partial charge in [-0.25, -0.2) is 0 Å². The summed E-state index contributed by atoms with van der Waals surface area (Å²) in [5.41, 5.74) is 2.36. The molecule has 3 aromatic carbocycles. The van der Waals surface area contributed by atoms with Crippen molar-refractivity contribution < 1.29 is 14.4 Å². The number of hydrogen-bond acceptors (Lipinski definition) is 3. The zero-order valence-corrected chi connectivity index (χ0v) is 16.2. The van der Waals surface area contributed by atoms with Gasteiger partial charge in [0.2, 0.25) is 11.8 Å². The minimum absolute atomic E-state index is 0.0834. The topological polar surface area (TPSA) is 87.3 Å². The van der Waals surface area contributed by atoms with Gasteiger partial charge in [-0.1, -0.05) is 54.6 Å². The first-order valence-corrected chi connectivity index (χ1v) is 9.38. The number of hydrogen-bond donors (Lipinski definition) is 3. The molecule has 3 amide bonds. The van der Waals surface area contributed by atoms with E-state index in [1.54, 1.807) is 31.3 Å². The summed E-state index contributed by atoms with van der Waals surface area (Å²) in [4.78, 5) is 35.8. The van der Waals surface area contributed by atoms with Crippen LogP contribution in [0.2, 0.25) is 0 Å². The van der Waals surface area contributed by atoms with E-state index in [1.165, 1.54) is 0 Å². The molecule has 3 N–H and O–H groups in total. The van der Waals surface area contributed by atoms with Crippen LogP contribution in [0, 0.1) is 0 Å². The molecule has 0 heterocycles. The Morgan fingerprint density at radius 3 is 2.28 bits per heavy atom. The lowest BCUT2D eigenvalue weighted by molar-refractivity contribution is -0.125. The second-order valence-electron chi connectivity index (χ2n) is 6.64. The summed E-state index contributed by atoms with van der Waals surface area (Å²) in [5, 5.41) is 10.1. The summed E-state index contributed by atoms with van der Waals surface area (Å²) >= 11 is 0. The van der Waals surface area contributed by atoms with Crippen LogP contribution in [-0.4, -0.2) is 31.3 Å². The molecule has 148 valence electrons. The number of benzene rings is 3. The first kappa shape index (κ1) is 20.1. The molecule has 0 aliphatic heterocycles. The van der Waals surface area contributed by atoms with Crippen molar-refractivity contribution in [2.75, 3.05) is 13.6 Å². The second kappa shape index (κ2) is 9.50. The molecular formula is C23H23N3O3. The van der Waals surface area contributed by atoms with E-state index in [0.29, 0.717) is 12.1 Å². The zero-order chi connectivity index (χ0) is 20.6. The van der Waals surface area contributed by atoms with Gasteiger partial charge < -0.3 is 16.0 Å². The molecule has 3 aromatic rings. The van der Waals surface area contributed by atoms with E-state index in [9.17, 15) is 14.4 Å². The number of rotatable bonds is 7. The second-order valence-corrected chi connectivity index (χ2v) is 6.64. The predicted molar refractivity (Wildman–Crippen MR) is 112 cm³/mol. The Labute approximate surface area is 169 Å². The fourth-order valence-corrected chi connectivity index (χ4v) is 3.04. The molecule has 6 nitrogen and oxygen atoms in total. The van der Waals surface area contributed by atoms with Crippen LogP contribution in [0.3, 0.4) is 0 Å². The van der Waals surface area contributed by atoms with Crippen LogP contribution < -0.4 is 16.0 Å². The lowest BCUT2D eigenvalue weighted by atomic mass is 10.0. The number of amides is 3. The van der Waals surface area contributed by atoms with Gasteiger partial charge in [0.05, 0.1) is 13.0 Å².